The third kappa shape index (κ3) is 2.49. The van der Waals surface area contributed by atoms with E-state index in [4.69, 9.17) is 16.3 Å². The van der Waals surface area contributed by atoms with Crippen LogP contribution in [0.25, 0.3) is 0 Å². The Bertz CT molecular complexity index is 339. The number of rotatable bonds is 4. The summed E-state index contributed by atoms with van der Waals surface area (Å²) in [6.45, 7) is 0. The van der Waals surface area contributed by atoms with Crippen LogP contribution in [0.5, 0.6) is 5.75 Å². The molecule has 1 aromatic rings. The largest absolute Gasteiger partial charge is 0.496 e. The van der Waals surface area contributed by atoms with Crippen LogP contribution >= 0.6 is 27.5 Å². The van der Waals surface area contributed by atoms with Crippen LogP contribution in [-0.4, -0.2) is 18.2 Å². The van der Waals surface area contributed by atoms with Crippen molar-refractivity contribution in [1.29, 1.82) is 0 Å². The zero-order chi connectivity index (χ0) is 10.6. The van der Waals surface area contributed by atoms with Gasteiger partial charge in [0.2, 0.25) is 0 Å². The Balaban J connectivity index is 3.10. The SMILES string of the molecule is COc1cccc(Cl)c1C(=O)CCBr. The number of Topliss-reactive ketones (excluding diaryl/α,β-unsaturated/α-hetero) is 1. The number of ketones is 1. The highest BCUT2D eigenvalue weighted by Crippen LogP contribution is 2.27. The van der Waals surface area contributed by atoms with Crippen molar-refractivity contribution in [2.45, 2.75) is 6.42 Å². The molecule has 76 valence electrons. The van der Waals surface area contributed by atoms with Crippen molar-refractivity contribution in [3.8, 4) is 5.75 Å². The molecule has 1 rings (SSSR count). The number of hydrogen-bond acceptors (Lipinski definition) is 2. The first kappa shape index (κ1) is 11.5. The highest BCUT2D eigenvalue weighted by molar-refractivity contribution is 9.09. The first-order valence-corrected chi connectivity index (χ1v) is 5.62. The number of carbonyl (C=O) groups is 1. The molecule has 4 heteroatoms. The maximum absolute atomic E-state index is 11.7. The maximum Gasteiger partial charge on any atom is 0.168 e. The first-order valence-electron chi connectivity index (χ1n) is 4.12. The van der Waals surface area contributed by atoms with E-state index in [2.05, 4.69) is 15.9 Å². The molecule has 14 heavy (non-hydrogen) atoms. The molecule has 0 spiro atoms. The summed E-state index contributed by atoms with van der Waals surface area (Å²) in [5.41, 5.74) is 0.469. The third-order valence-corrected chi connectivity index (χ3v) is 2.51. The average Bonchev–Trinajstić information content (AvgIpc) is 2.17. The molecule has 0 saturated heterocycles. The average molecular weight is 278 g/mol. The summed E-state index contributed by atoms with van der Waals surface area (Å²) >= 11 is 9.14. The Labute approximate surface area is 96.3 Å². The predicted octanol–water partition coefficient (Wildman–Crippen LogP) is 3.32. The molecule has 0 heterocycles. The van der Waals surface area contributed by atoms with Gasteiger partial charge >= 0.3 is 0 Å². The smallest absolute Gasteiger partial charge is 0.168 e. The van der Waals surface area contributed by atoms with Crippen LogP contribution in [0.2, 0.25) is 5.02 Å². The number of halogens is 2. The van der Waals surface area contributed by atoms with Gasteiger partial charge in [-0.25, -0.2) is 0 Å². The van der Waals surface area contributed by atoms with Gasteiger partial charge in [-0.1, -0.05) is 33.6 Å². The van der Waals surface area contributed by atoms with E-state index < -0.39 is 0 Å². The summed E-state index contributed by atoms with van der Waals surface area (Å²) < 4.78 is 5.07. The summed E-state index contributed by atoms with van der Waals surface area (Å²) in [6, 6.07) is 5.17. The van der Waals surface area contributed by atoms with Crippen molar-refractivity contribution in [2.75, 3.05) is 12.4 Å². The molecule has 0 bridgehead atoms. The fraction of sp³-hybridized carbons (Fsp3) is 0.300. The number of carbonyl (C=O) groups excluding carboxylic acids is 1. The minimum atomic E-state index is -0.00988. The second-order valence-corrected chi connectivity index (χ2v) is 3.88. The fourth-order valence-electron chi connectivity index (χ4n) is 1.16. The Morgan fingerprint density at radius 1 is 1.57 bits per heavy atom. The van der Waals surface area contributed by atoms with Gasteiger partial charge in [0, 0.05) is 11.8 Å². The Kier molecular flexibility index (Phi) is 4.42. The van der Waals surface area contributed by atoms with Crippen LogP contribution in [0.3, 0.4) is 0 Å². The van der Waals surface area contributed by atoms with E-state index in [9.17, 15) is 4.79 Å². The van der Waals surface area contributed by atoms with Crippen LogP contribution in [0, 0.1) is 0 Å². The molecule has 0 saturated carbocycles. The second-order valence-electron chi connectivity index (χ2n) is 2.68. The van der Waals surface area contributed by atoms with Crippen LogP contribution in [0.4, 0.5) is 0 Å². The Morgan fingerprint density at radius 3 is 2.86 bits per heavy atom. The van der Waals surface area contributed by atoms with Gasteiger partial charge < -0.3 is 4.74 Å². The predicted molar refractivity (Wildman–Crippen MR) is 60.7 cm³/mol. The van der Waals surface area contributed by atoms with Crippen molar-refractivity contribution in [2.24, 2.45) is 0 Å². The molecule has 1 aromatic carbocycles. The Morgan fingerprint density at radius 2 is 2.29 bits per heavy atom. The van der Waals surface area contributed by atoms with Crippen molar-refractivity contribution in [1.82, 2.24) is 0 Å². The number of benzene rings is 1. The first-order chi connectivity index (χ1) is 6.70. The van der Waals surface area contributed by atoms with Crippen LogP contribution < -0.4 is 4.74 Å². The van der Waals surface area contributed by atoms with E-state index in [1.54, 1.807) is 18.2 Å². The van der Waals surface area contributed by atoms with Gasteiger partial charge in [-0.2, -0.15) is 0 Å². The van der Waals surface area contributed by atoms with Gasteiger partial charge in [-0.15, -0.1) is 0 Å². The fourth-order valence-corrected chi connectivity index (χ4v) is 1.79. The van der Waals surface area contributed by atoms with Crippen molar-refractivity contribution in [3.63, 3.8) is 0 Å². The summed E-state index contributed by atoms with van der Waals surface area (Å²) in [5.74, 6) is 0.521. The molecule has 0 fully saturated rings. The summed E-state index contributed by atoms with van der Waals surface area (Å²) in [6.07, 6.45) is 0.417. The van der Waals surface area contributed by atoms with Crippen LogP contribution in [0.15, 0.2) is 18.2 Å². The lowest BCUT2D eigenvalue weighted by atomic mass is 10.1. The minimum Gasteiger partial charge on any atom is -0.496 e. The Hall–Kier alpha value is -0.540. The molecule has 2 nitrogen and oxygen atoms in total. The highest BCUT2D eigenvalue weighted by atomic mass is 79.9. The molecule has 0 N–H and O–H groups in total. The number of methoxy groups -OCH3 is 1. The lowest BCUT2D eigenvalue weighted by molar-refractivity contribution is 0.0987. The second kappa shape index (κ2) is 5.37. The molecule has 0 aromatic heterocycles. The topological polar surface area (TPSA) is 26.3 Å². The van der Waals surface area contributed by atoms with E-state index in [1.807, 2.05) is 0 Å². The molecule has 0 atom stereocenters. The monoisotopic (exact) mass is 276 g/mol. The minimum absolute atomic E-state index is 0.00988. The third-order valence-electron chi connectivity index (χ3n) is 1.80. The summed E-state index contributed by atoms with van der Waals surface area (Å²) in [5, 5.41) is 1.07. The molecule has 0 aliphatic rings. The van der Waals surface area contributed by atoms with Crippen LogP contribution in [-0.2, 0) is 0 Å². The van der Waals surface area contributed by atoms with Crippen molar-refractivity contribution >= 4 is 33.3 Å². The lowest BCUT2D eigenvalue weighted by Crippen LogP contribution is -2.03. The highest BCUT2D eigenvalue weighted by Gasteiger charge is 2.14. The quantitative estimate of drug-likeness (QED) is 0.623. The van der Waals surface area contributed by atoms with E-state index in [0.29, 0.717) is 28.1 Å². The van der Waals surface area contributed by atoms with Gasteiger partial charge in [0.25, 0.3) is 0 Å². The van der Waals surface area contributed by atoms with Gasteiger partial charge in [0.05, 0.1) is 17.7 Å². The molecule has 0 aliphatic carbocycles. The van der Waals surface area contributed by atoms with Gasteiger partial charge in [0.15, 0.2) is 5.78 Å². The zero-order valence-corrected chi connectivity index (χ0v) is 10.1. The number of ether oxygens (including phenoxy) is 1. The van der Waals surface area contributed by atoms with Gasteiger partial charge in [-0.3, -0.25) is 4.79 Å². The van der Waals surface area contributed by atoms with E-state index >= 15 is 0 Å². The molecular formula is C10H10BrClO2. The van der Waals surface area contributed by atoms with Crippen LogP contribution in [0.1, 0.15) is 16.8 Å². The van der Waals surface area contributed by atoms with Crippen molar-refractivity contribution in [3.05, 3.63) is 28.8 Å². The molecule has 0 aliphatic heterocycles. The number of alkyl halides is 1. The summed E-state index contributed by atoms with van der Waals surface area (Å²) in [4.78, 5) is 11.7. The van der Waals surface area contributed by atoms with E-state index in [0.717, 1.165) is 0 Å². The van der Waals surface area contributed by atoms with Crippen molar-refractivity contribution < 1.29 is 9.53 Å². The standard InChI is InChI=1S/C10H10BrClO2/c1-14-9-4-2-3-7(12)10(9)8(13)5-6-11/h2-4H,5-6H2,1H3. The summed E-state index contributed by atoms with van der Waals surface area (Å²) in [7, 11) is 1.52. The molecule has 0 unspecified atom stereocenters. The lowest BCUT2D eigenvalue weighted by Gasteiger charge is -2.08. The van der Waals surface area contributed by atoms with E-state index in [-0.39, 0.29) is 5.78 Å². The zero-order valence-electron chi connectivity index (χ0n) is 7.72. The van der Waals surface area contributed by atoms with Gasteiger partial charge in [-0.05, 0) is 12.1 Å². The molecule has 0 radical (unpaired) electrons. The molecule has 0 amide bonds. The van der Waals surface area contributed by atoms with E-state index in [1.165, 1.54) is 7.11 Å². The van der Waals surface area contributed by atoms with Gasteiger partial charge in [0.1, 0.15) is 5.75 Å². The number of hydrogen-bond donors (Lipinski definition) is 0. The normalized spacial score (nSPS) is 9.93. The maximum atomic E-state index is 11.7. The molecular weight excluding hydrogens is 267 g/mol.